The molecule has 1 saturated carbocycles. The van der Waals surface area contributed by atoms with Crippen molar-refractivity contribution in [3.05, 3.63) is 18.0 Å². The Kier molecular flexibility index (Phi) is 2.12. The van der Waals surface area contributed by atoms with E-state index in [4.69, 9.17) is 0 Å². The third-order valence-corrected chi connectivity index (χ3v) is 2.49. The first-order valence-corrected chi connectivity index (χ1v) is 4.44. The van der Waals surface area contributed by atoms with E-state index in [1.54, 1.807) is 10.9 Å². The maximum atomic E-state index is 13.2. The van der Waals surface area contributed by atoms with Gasteiger partial charge in [0.1, 0.15) is 6.17 Å². The quantitative estimate of drug-likeness (QED) is 0.653. The summed E-state index contributed by atoms with van der Waals surface area (Å²) < 4.78 is 14.8. The molecule has 70 valence electrons. The fraction of sp³-hybridized carbons (Fsp3) is 0.556. The smallest absolute Gasteiger partial charge is 0.153 e. The summed E-state index contributed by atoms with van der Waals surface area (Å²) in [5, 5.41) is 3.96. The molecule has 0 bridgehead atoms. The van der Waals surface area contributed by atoms with Crippen LogP contribution in [0.15, 0.2) is 12.4 Å². The number of hydrogen-bond acceptors (Lipinski definition) is 2. The van der Waals surface area contributed by atoms with Crippen LogP contribution < -0.4 is 0 Å². The maximum absolute atomic E-state index is 13.2. The molecule has 1 aliphatic rings. The lowest BCUT2D eigenvalue weighted by Crippen LogP contribution is -2.14. The number of carbonyl (C=O) groups excluding carboxylic acids is 1. The molecular formula is C9H11FN2O. The molecule has 0 aromatic carbocycles. The average Bonchev–Trinajstić information content (AvgIpc) is 2.71. The number of hydrogen-bond donors (Lipinski definition) is 0. The molecule has 1 fully saturated rings. The second-order valence-corrected chi connectivity index (χ2v) is 3.39. The predicted molar refractivity (Wildman–Crippen MR) is 45.4 cm³/mol. The highest BCUT2D eigenvalue weighted by Crippen LogP contribution is 2.31. The van der Waals surface area contributed by atoms with E-state index in [1.165, 1.54) is 6.20 Å². The molecule has 1 aromatic rings. The van der Waals surface area contributed by atoms with Gasteiger partial charge in [-0.3, -0.25) is 9.48 Å². The Morgan fingerprint density at radius 2 is 2.46 bits per heavy atom. The molecule has 0 amide bonds. The molecular weight excluding hydrogens is 171 g/mol. The van der Waals surface area contributed by atoms with Gasteiger partial charge >= 0.3 is 0 Å². The number of aromatic nitrogens is 2. The van der Waals surface area contributed by atoms with Crippen molar-refractivity contribution >= 4 is 6.29 Å². The van der Waals surface area contributed by atoms with E-state index in [2.05, 4.69) is 5.10 Å². The molecule has 3 nitrogen and oxygen atoms in total. The van der Waals surface area contributed by atoms with Crippen LogP contribution in [-0.2, 0) is 0 Å². The monoisotopic (exact) mass is 182 g/mol. The van der Waals surface area contributed by atoms with Gasteiger partial charge in [0.2, 0.25) is 0 Å². The lowest BCUT2D eigenvalue weighted by Gasteiger charge is -2.12. The Bertz CT molecular complexity index is 310. The zero-order chi connectivity index (χ0) is 9.26. The van der Waals surface area contributed by atoms with Gasteiger partial charge < -0.3 is 0 Å². The first-order chi connectivity index (χ1) is 6.31. The van der Waals surface area contributed by atoms with Crippen LogP contribution in [0.25, 0.3) is 0 Å². The van der Waals surface area contributed by atoms with Crippen LogP contribution in [0.5, 0.6) is 0 Å². The minimum atomic E-state index is -0.806. The van der Waals surface area contributed by atoms with E-state index in [9.17, 15) is 9.18 Å². The minimum absolute atomic E-state index is 0.159. The predicted octanol–water partition coefficient (Wildman–Crippen LogP) is 1.76. The topological polar surface area (TPSA) is 34.9 Å². The zero-order valence-electron chi connectivity index (χ0n) is 7.19. The van der Waals surface area contributed by atoms with Gasteiger partial charge in [-0.1, -0.05) is 0 Å². The Balaban J connectivity index is 2.19. The van der Waals surface area contributed by atoms with Gasteiger partial charge in [-0.25, -0.2) is 4.39 Å². The van der Waals surface area contributed by atoms with Crippen LogP contribution >= 0.6 is 0 Å². The summed E-state index contributed by atoms with van der Waals surface area (Å²) in [4.78, 5) is 10.4. The second kappa shape index (κ2) is 3.28. The van der Waals surface area contributed by atoms with E-state index in [0.29, 0.717) is 12.0 Å². The van der Waals surface area contributed by atoms with Crippen molar-refractivity contribution in [1.82, 2.24) is 9.78 Å². The van der Waals surface area contributed by atoms with Crippen molar-refractivity contribution in [3.8, 4) is 0 Å². The van der Waals surface area contributed by atoms with Crippen molar-refractivity contribution in [2.45, 2.75) is 31.5 Å². The Morgan fingerprint density at radius 1 is 1.62 bits per heavy atom. The van der Waals surface area contributed by atoms with Crippen LogP contribution in [0, 0.1) is 0 Å². The highest BCUT2D eigenvalue weighted by atomic mass is 19.1. The molecule has 0 aliphatic heterocycles. The summed E-state index contributed by atoms with van der Waals surface area (Å²) in [7, 11) is 0. The molecule has 2 unspecified atom stereocenters. The lowest BCUT2D eigenvalue weighted by atomic mass is 10.2. The van der Waals surface area contributed by atoms with E-state index >= 15 is 0 Å². The van der Waals surface area contributed by atoms with Gasteiger partial charge in [-0.15, -0.1) is 0 Å². The molecule has 1 heterocycles. The van der Waals surface area contributed by atoms with Crippen molar-refractivity contribution in [1.29, 1.82) is 0 Å². The third kappa shape index (κ3) is 1.48. The van der Waals surface area contributed by atoms with Crippen molar-refractivity contribution in [2.75, 3.05) is 0 Å². The molecule has 1 aromatic heterocycles. The Hall–Kier alpha value is -1.19. The summed E-state index contributed by atoms with van der Waals surface area (Å²) >= 11 is 0. The van der Waals surface area contributed by atoms with Crippen molar-refractivity contribution < 1.29 is 9.18 Å². The third-order valence-electron chi connectivity index (χ3n) is 2.49. The first kappa shape index (κ1) is 8.41. The molecule has 1 aliphatic carbocycles. The van der Waals surface area contributed by atoms with Crippen LogP contribution in [-0.4, -0.2) is 22.2 Å². The SMILES string of the molecule is O=Cc1cnn(C2CCCC2F)c1. The normalized spacial score (nSPS) is 27.8. The lowest BCUT2D eigenvalue weighted by molar-refractivity contribution is 0.112. The molecule has 4 heteroatoms. The fourth-order valence-corrected chi connectivity index (χ4v) is 1.79. The summed E-state index contributed by atoms with van der Waals surface area (Å²) in [6, 6.07) is -0.159. The van der Waals surface area contributed by atoms with Gasteiger partial charge in [0, 0.05) is 6.20 Å². The fourth-order valence-electron chi connectivity index (χ4n) is 1.79. The summed E-state index contributed by atoms with van der Waals surface area (Å²) in [6.07, 6.45) is 5.34. The number of rotatable bonds is 2. The summed E-state index contributed by atoms with van der Waals surface area (Å²) in [5.41, 5.74) is 0.513. The number of nitrogens with zero attached hydrogens (tertiary/aromatic N) is 2. The van der Waals surface area contributed by atoms with Crippen LogP contribution in [0.2, 0.25) is 0 Å². The molecule has 0 saturated heterocycles. The van der Waals surface area contributed by atoms with Gasteiger partial charge in [0.25, 0.3) is 0 Å². The number of halogens is 1. The molecule has 13 heavy (non-hydrogen) atoms. The number of aldehydes is 1. The standard InChI is InChI=1S/C9H11FN2O/c10-8-2-1-3-9(8)12-5-7(6-13)4-11-12/h4-6,8-9H,1-3H2. The first-order valence-electron chi connectivity index (χ1n) is 4.44. The second-order valence-electron chi connectivity index (χ2n) is 3.39. The maximum Gasteiger partial charge on any atom is 0.153 e. The Labute approximate surface area is 75.5 Å². The number of alkyl halides is 1. The highest BCUT2D eigenvalue weighted by Gasteiger charge is 2.28. The van der Waals surface area contributed by atoms with E-state index in [-0.39, 0.29) is 6.04 Å². The minimum Gasteiger partial charge on any atom is -0.298 e. The summed E-state index contributed by atoms with van der Waals surface area (Å²) in [5.74, 6) is 0. The van der Waals surface area contributed by atoms with E-state index in [0.717, 1.165) is 19.1 Å². The van der Waals surface area contributed by atoms with Crippen molar-refractivity contribution in [3.63, 3.8) is 0 Å². The van der Waals surface area contributed by atoms with Gasteiger partial charge in [-0.2, -0.15) is 5.10 Å². The van der Waals surface area contributed by atoms with Gasteiger partial charge in [0.05, 0.1) is 17.8 Å². The summed E-state index contributed by atoms with van der Waals surface area (Å²) in [6.45, 7) is 0. The zero-order valence-corrected chi connectivity index (χ0v) is 7.19. The molecule has 2 atom stereocenters. The van der Waals surface area contributed by atoms with Crippen LogP contribution in [0.4, 0.5) is 4.39 Å². The number of carbonyl (C=O) groups is 1. The molecule has 2 rings (SSSR count). The average molecular weight is 182 g/mol. The van der Waals surface area contributed by atoms with Gasteiger partial charge in [0.15, 0.2) is 6.29 Å². The van der Waals surface area contributed by atoms with Crippen molar-refractivity contribution in [2.24, 2.45) is 0 Å². The van der Waals surface area contributed by atoms with E-state index < -0.39 is 6.17 Å². The van der Waals surface area contributed by atoms with Crippen LogP contribution in [0.3, 0.4) is 0 Å². The highest BCUT2D eigenvalue weighted by molar-refractivity contribution is 5.73. The largest absolute Gasteiger partial charge is 0.298 e. The molecule has 0 N–H and O–H groups in total. The Morgan fingerprint density at radius 3 is 3.00 bits per heavy atom. The molecule has 0 radical (unpaired) electrons. The molecule has 0 spiro atoms. The van der Waals surface area contributed by atoms with E-state index in [1.807, 2.05) is 0 Å². The van der Waals surface area contributed by atoms with Crippen LogP contribution in [0.1, 0.15) is 35.7 Å². The van der Waals surface area contributed by atoms with Gasteiger partial charge in [-0.05, 0) is 19.3 Å².